The van der Waals surface area contributed by atoms with E-state index in [1.807, 2.05) is 58.1 Å². The van der Waals surface area contributed by atoms with Crippen LogP contribution in [0.1, 0.15) is 106 Å². The molecule has 14 heteroatoms. The average Bonchev–Trinajstić information content (AvgIpc) is 3.27. The first-order valence-corrected chi connectivity index (χ1v) is 23.0. The molecule has 0 spiro atoms. The molecule has 0 bridgehead atoms. The van der Waals surface area contributed by atoms with Gasteiger partial charge in [-0.3, -0.25) is 19.2 Å². The van der Waals surface area contributed by atoms with E-state index in [4.69, 9.17) is 34.2 Å². The molecule has 1 saturated carbocycles. The zero-order chi connectivity index (χ0) is 46.6. The Labute approximate surface area is 376 Å². The van der Waals surface area contributed by atoms with Crippen molar-refractivity contribution in [2.45, 2.75) is 148 Å². The van der Waals surface area contributed by atoms with Crippen molar-refractivity contribution in [3.8, 4) is 0 Å². The number of ether oxygens (including phenoxy) is 6. The maximum atomic E-state index is 14.2. The van der Waals surface area contributed by atoms with Crippen LogP contribution in [0.5, 0.6) is 0 Å². The summed E-state index contributed by atoms with van der Waals surface area (Å²) in [5.74, 6) is -3.82. The number of hydrogen-bond donors (Lipinski definition) is 2. The van der Waals surface area contributed by atoms with Crippen LogP contribution >= 0.6 is 0 Å². The molecule has 0 aromatic carbocycles. The maximum absolute atomic E-state index is 14.2. The van der Waals surface area contributed by atoms with E-state index >= 15 is 0 Å². The number of allylic oxidation sites excluding steroid dienone is 6. The second-order valence-electron chi connectivity index (χ2n) is 18.0. The number of rotatable bonds is 9. The van der Waals surface area contributed by atoms with Crippen LogP contribution in [0.25, 0.3) is 0 Å². The van der Waals surface area contributed by atoms with Gasteiger partial charge in [0.2, 0.25) is 5.78 Å². The fourth-order valence-corrected chi connectivity index (χ4v) is 9.12. The van der Waals surface area contributed by atoms with Crippen LogP contribution < -0.4 is 5.73 Å². The molecule has 356 valence electrons. The number of methoxy groups -OCH3 is 3. The zero-order valence-corrected chi connectivity index (χ0v) is 39.5. The normalized spacial score (nSPS) is 35.7. The van der Waals surface area contributed by atoms with Crippen molar-refractivity contribution in [1.82, 2.24) is 4.90 Å². The number of carbonyl (C=O) groups is 5. The predicted molar refractivity (Wildman–Crippen MR) is 241 cm³/mol. The van der Waals surface area contributed by atoms with E-state index in [0.29, 0.717) is 57.2 Å². The first kappa shape index (κ1) is 54.0. The standard InChI is InChI=1S/C49H78N2O12/c1-31-15-11-10-12-16-32(2)41(58-7)20-23-61-30-40(53)48(56)51-22-14-13-17-38(51)49(57)63-43(34(4)27-37-18-19-42(62-24-21-50)44(28-37)59-8)29-39(52)33(3)26-36(6)46(55)47(60-9)45(54)35(5)25-31/h10-12,15-16,26,31,33-35,37-38,41-44,46-47,55H,13-14,17-25,27-30,50H2,1-9H3/b12-10+,15-11+,32-16+,36-26+/t31-,33-,34-,35+,37+,38+,41+,42-,43+,44-,46-,47+/m1/s1. The quantitative estimate of drug-likeness (QED) is 0.164. The monoisotopic (exact) mass is 887 g/mol. The van der Waals surface area contributed by atoms with Gasteiger partial charge < -0.3 is 44.2 Å². The lowest BCUT2D eigenvalue weighted by Crippen LogP contribution is -2.52. The predicted octanol–water partition coefficient (Wildman–Crippen LogP) is 5.68. The Morgan fingerprint density at radius 1 is 0.889 bits per heavy atom. The minimum absolute atomic E-state index is 0.0501. The van der Waals surface area contributed by atoms with Gasteiger partial charge in [0.25, 0.3) is 5.91 Å². The first-order valence-electron chi connectivity index (χ1n) is 23.0. The highest BCUT2D eigenvalue weighted by atomic mass is 16.5. The number of carbonyl (C=O) groups excluding carboxylic acids is 5. The molecule has 1 amide bonds. The summed E-state index contributed by atoms with van der Waals surface area (Å²) in [6, 6.07) is -0.999. The van der Waals surface area contributed by atoms with Crippen LogP contribution in [-0.2, 0) is 52.4 Å². The number of nitrogens with two attached hydrogens (primary N) is 1. The van der Waals surface area contributed by atoms with Gasteiger partial charge in [-0.25, -0.2) is 4.79 Å². The Kier molecular flexibility index (Phi) is 23.8. The summed E-state index contributed by atoms with van der Waals surface area (Å²) in [5.41, 5.74) is 7.04. The van der Waals surface area contributed by atoms with E-state index in [-0.39, 0.29) is 67.2 Å². The van der Waals surface area contributed by atoms with Gasteiger partial charge in [0.05, 0.1) is 24.9 Å². The molecule has 2 heterocycles. The molecule has 3 rings (SSSR count). The fraction of sp³-hybridized carbons (Fsp3) is 0.735. The number of amides is 1. The van der Waals surface area contributed by atoms with Crippen molar-refractivity contribution < 1.29 is 57.5 Å². The fourth-order valence-electron chi connectivity index (χ4n) is 9.12. The van der Waals surface area contributed by atoms with Gasteiger partial charge in [-0.2, -0.15) is 0 Å². The number of piperidine rings is 1. The van der Waals surface area contributed by atoms with Crippen LogP contribution in [0.4, 0.5) is 0 Å². The molecular formula is C49H78N2O12. The summed E-state index contributed by atoms with van der Waals surface area (Å²) in [6.07, 6.45) is 13.0. The van der Waals surface area contributed by atoms with Crippen LogP contribution in [0.15, 0.2) is 47.6 Å². The molecule has 1 saturated heterocycles. The molecule has 3 N–H and O–H groups in total. The maximum Gasteiger partial charge on any atom is 0.329 e. The molecular weight excluding hydrogens is 809 g/mol. The smallest absolute Gasteiger partial charge is 0.329 e. The van der Waals surface area contributed by atoms with Crippen molar-refractivity contribution in [3.63, 3.8) is 0 Å². The number of hydrogen-bond acceptors (Lipinski definition) is 13. The molecule has 2 aliphatic heterocycles. The van der Waals surface area contributed by atoms with Crippen molar-refractivity contribution in [1.29, 1.82) is 0 Å². The van der Waals surface area contributed by atoms with Crippen molar-refractivity contribution in [2.24, 2.45) is 35.3 Å². The molecule has 0 aromatic rings. The van der Waals surface area contributed by atoms with Gasteiger partial charge >= 0.3 is 5.97 Å². The van der Waals surface area contributed by atoms with E-state index in [0.717, 1.165) is 24.8 Å². The van der Waals surface area contributed by atoms with E-state index in [1.165, 1.54) is 12.0 Å². The summed E-state index contributed by atoms with van der Waals surface area (Å²) >= 11 is 0. The third-order valence-corrected chi connectivity index (χ3v) is 13.0. The molecule has 14 nitrogen and oxygen atoms in total. The molecule has 0 unspecified atom stereocenters. The summed E-state index contributed by atoms with van der Waals surface area (Å²) < 4.78 is 34.9. The second kappa shape index (κ2) is 27.8. The average molecular weight is 887 g/mol. The summed E-state index contributed by atoms with van der Waals surface area (Å²) in [5, 5.41) is 11.4. The summed E-state index contributed by atoms with van der Waals surface area (Å²) in [4.78, 5) is 70.0. The molecule has 3 aliphatic rings. The van der Waals surface area contributed by atoms with Gasteiger partial charge in [-0.15, -0.1) is 0 Å². The third kappa shape index (κ3) is 16.9. The van der Waals surface area contributed by atoms with E-state index in [1.54, 1.807) is 34.1 Å². The summed E-state index contributed by atoms with van der Waals surface area (Å²) in [6.45, 7) is 11.9. The Morgan fingerprint density at radius 3 is 2.32 bits per heavy atom. The van der Waals surface area contributed by atoms with Gasteiger partial charge in [-0.05, 0) is 94.1 Å². The van der Waals surface area contributed by atoms with Crippen molar-refractivity contribution in [3.05, 3.63) is 47.6 Å². The van der Waals surface area contributed by atoms with Crippen LogP contribution in [0, 0.1) is 29.6 Å². The topological polar surface area (TPSA) is 190 Å². The number of ketones is 3. The third-order valence-electron chi connectivity index (χ3n) is 13.0. The molecule has 0 radical (unpaired) electrons. The molecule has 12 atom stereocenters. The Balaban J connectivity index is 1.94. The highest BCUT2D eigenvalue weighted by Gasteiger charge is 2.40. The van der Waals surface area contributed by atoms with Crippen LogP contribution in [0.2, 0.25) is 0 Å². The number of Topliss-reactive ketones (excluding diaryl/α,β-unsaturated/α-hetero) is 3. The minimum Gasteiger partial charge on any atom is -0.460 e. The van der Waals surface area contributed by atoms with Gasteiger partial charge in [-0.1, -0.05) is 64.2 Å². The van der Waals surface area contributed by atoms with Crippen LogP contribution in [0.3, 0.4) is 0 Å². The SMILES string of the molecule is CO[C@H]1CCOCC(=O)C(=O)N2CCCC[C@H]2C(=O)O[C@H]([C@H](C)C[C@@H]2CC[C@@H](OCCN)[C@H](OC)C2)CC(=O)[C@H](C)/C=C(\C)[C@@H](O)[C@@H](OC)C(=O)[C@@H](C)C[C@H](C)/C=C/C=C/C=C/1C. The highest BCUT2D eigenvalue weighted by molar-refractivity contribution is 6.37. The summed E-state index contributed by atoms with van der Waals surface area (Å²) in [7, 11) is 4.65. The second-order valence-corrected chi connectivity index (χ2v) is 18.0. The highest BCUT2D eigenvalue weighted by Crippen LogP contribution is 2.35. The molecule has 1 aliphatic carbocycles. The molecule has 2 fully saturated rings. The lowest BCUT2D eigenvalue weighted by molar-refractivity contribution is -0.166. The number of nitrogens with zero attached hydrogens (tertiary/aromatic N) is 1. The number of cyclic esters (lactones) is 1. The minimum atomic E-state index is -1.29. The van der Waals surface area contributed by atoms with E-state index in [2.05, 4.69) is 0 Å². The van der Waals surface area contributed by atoms with Crippen molar-refractivity contribution in [2.75, 3.05) is 54.2 Å². The van der Waals surface area contributed by atoms with Gasteiger partial charge in [0.15, 0.2) is 5.78 Å². The zero-order valence-electron chi connectivity index (χ0n) is 39.5. The lowest BCUT2D eigenvalue weighted by atomic mass is 9.78. The number of esters is 1. The number of fused-ring (bicyclic) bond motifs is 1. The number of aliphatic hydroxyl groups excluding tert-OH is 1. The molecule has 63 heavy (non-hydrogen) atoms. The Hall–Kier alpha value is -3.37. The van der Waals surface area contributed by atoms with Crippen molar-refractivity contribution >= 4 is 29.2 Å². The van der Waals surface area contributed by atoms with Gasteiger partial charge in [0.1, 0.15) is 36.7 Å². The van der Waals surface area contributed by atoms with E-state index in [9.17, 15) is 29.1 Å². The Bertz CT molecular complexity index is 1610. The first-order chi connectivity index (χ1) is 30.1. The van der Waals surface area contributed by atoms with Gasteiger partial charge in [0, 0.05) is 65.7 Å². The molecule has 0 aromatic heterocycles. The van der Waals surface area contributed by atoms with Crippen LogP contribution in [-0.4, -0.2) is 136 Å². The van der Waals surface area contributed by atoms with E-state index < -0.39 is 60.5 Å². The lowest BCUT2D eigenvalue weighted by Gasteiger charge is -2.38. The largest absolute Gasteiger partial charge is 0.460 e. The number of aliphatic hydroxyl groups is 1. The Morgan fingerprint density at radius 2 is 1.63 bits per heavy atom.